The first kappa shape index (κ1) is 19.4. The largest absolute Gasteiger partial charge is 0.450 e. The van der Waals surface area contributed by atoms with Crippen molar-refractivity contribution in [2.45, 2.75) is 63.2 Å². The molecule has 3 saturated heterocycles. The number of amides is 3. The third-order valence-electron chi connectivity index (χ3n) is 5.31. The lowest BCUT2D eigenvalue weighted by atomic mass is 10.0. The molecule has 0 aromatic heterocycles. The molecule has 0 saturated carbocycles. The van der Waals surface area contributed by atoms with Crippen LogP contribution in [-0.4, -0.2) is 65.3 Å². The Morgan fingerprint density at radius 2 is 2.04 bits per heavy atom. The Balaban J connectivity index is 1.59. The van der Waals surface area contributed by atoms with Gasteiger partial charge >= 0.3 is 6.09 Å². The van der Waals surface area contributed by atoms with Crippen LogP contribution in [0.3, 0.4) is 0 Å². The van der Waals surface area contributed by atoms with E-state index in [1.807, 2.05) is 6.92 Å². The summed E-state index contributed by atoms with van der Waals surface area (Å²) in [5, 5.41) is 8.50. The summed E-state index contributed by atoms with van der Waals surface area (Å²) in [6, 6.07) is -0.133. The van der Waals surface area contributed by atoms with Crippen LogP contribution < -0.4 is 16.0 Å². The van der Waals surface area contributed by atoms with Crippen molar-refractivity contribution in [2.24, 2.45) is 5.92 Å². The molecule has 3 aliphatic heterocycles. The summed E-state index contributed by atoms with van der Waals surface area (Å²) < 4.78 is 4.76. The first-order valence-corrected chi connectivity index (χ1v) is 10.5. The van der Waals surface area contributed by atoms with Crippen LogP contribution in [-0.2, 0) is 14.3 Å². The molecular weight excluding hydrogens is 356 g/mol. The molecule has 3 amide bonds. The fourth-order valence-corrected chi connectivity index (χ4v) is 5.45. The summed E-state index contributed by atoms with van der Waals surface area (Å²) in [4.78, 5) is 39.0. The number of fused-ring (bicyclic) bond motifs is 1. The highest BCUT2D eigenvalue weighted by Gasteiger charge is 2.45. The van der Waals surface area contributed by atoms with Crippen molar-refractivity contribution >= 4 is 29.7 Å². The smallest absolute Gasteiger partial charge is 0.413 e. The Hall–Kier alpha value is -1.32. The average Bonchev–Trinajstić information content (AvgIpc) is 3.17. The quantitative estimate of drug-likeness (QED) is 0.654. The van der Waals surface area contributed by atoms with E-state index in [1.54, 1.807) is 18.7 Å². The number of thioether (sulfide) groups is 1. The second kappa shape index (κ2) is 8.58. The number of carbonyl (C=O) groups is 3. The topological polar surface area (TPSA) is 99.8 Å². The van der Waals surface area contributed by atoms with Crippen LogP contribution in [0.1, 0.15) is 39.5 Å². The standard InChI is InChI=1S/C17H28N4O4S/c1-3-25-17(24)20-14(22)11-7-9-26-16(11)19-15(23)13-10(2)18-12-6-4-5-8-21(12)13/h10-13,16,18H,3-9H2,1-2H3,(H,19,23)(H,20,22,24). The molecule has 3 rings (SSSR count). The van der Waals surface area contributed by atoms with E-state index in [4.69, 9.17) is 4.74 Å². The van der Waals surface area contributed by atoms with Crippen molar-refractivity contribution in [3.8, 4) is 0 Å². The van der Waals surface area contributed by atoms with Gasteiger partial charge in [-0.3, -0.25) is 25.1 Å². The van der Waals surface area contributed by atoms with E-state index in [9.17, 15) is 14.4 Å². The zero-order valence-electron chi connectivity index (χ0n) is 15.3. The molecule has 8 nitrogen and oxygen atoms in total. The summed E-state index contributed by atoms with van der Waals surface area (Å²) >= 11 is 1.55. The molecule has 5 atom stereocenters. The molecule has 0 spiro atoms. The molecule has 0 radical (unpaired) electrons. The average molecular weight is 385 g/mol. The first-order chi connectivity index (χ1) is 12.5. The monoisotopic (exact) mass is 384 g/mol. The number of hydrogen-bond acceptors (Lipinski definition) is 7. The summed E-state index contributed by atoms with van der Waals surface area (Å²) in [5.41, 5.74) is 0. The molecule has 3 fully saturated rings. The molecule has 0 aliphatic carbocycles. The summed E-state index contributed by atoms with van der Waals surface area (Å²) in [5.74, 6) is -0.0680. The maximum absolute atomic E-state index is 12.9. The van der Waals surface area contributed by atoms with Crippen molar-refractivity contribution in [2.75, 3.05) is 18.9 Å². The van der Waals surface area contributed by atoms with Gasteiger partial charge in [-0.25, -0.2) is 4.79 Å². The van der Waals surface area contributed by atoms with Gasteiger partial charge < -0.3 is 10.1 Å². The van der Waals surface area contributed by atoms with E-state index in [1.165, 1.54) is 6.42 Å². The molecule has 146 valence electrons. The normalized spacial score (nSPS) is 34.2. The highest BCUT2D eigenvalue weighted by atomic mass is 32.2. The Morgan fingerprint density at radius 1 is 1.23 bits per heavy atom. The fraction of sp³-hybridized carbons (Fsp3) is 0.824. The van der Waals surface area contributed by atoms with E-state index in [0.29, 0.717) is 6.42 Å². The lowest BCUT2D eigenvalue weighted by Crippen LogP contribution is -2.53. The predicted octanol–water partition coefficient (Wildman–Crippen LogP) is 0.627. The van der Waals surface area contributed by atoms with Crippen molar-refractivity contribution in [3.05, 3.63) is 0 Å². The van der Waals surface area contributed by atoms with Crippen LogP contribution in [0.25, 0.3) is 0 Å². The molecule has 3 heterocycles. The number of alkyl carbamates (subject to hydrolysis) is 1. The highest BCUT2D eigenvalue weighted by molar-refractivity contribution is 8.00. The Bertz CT molecular complexity index is 561. The molecule has 3 aliphatic rings. The SMILES string of the molecule is CCOC(=O)NC(=O)C1CCSC1NC(=O)C1C(C)NC2CCCCN21. The van der Waals surface area contributed by atoms with Gasteiger partial charge in [-0.15, -0.1) is 11.8 Å². The van der Waals surface area contributed by atoms with Crippen LogP contribution in [0, 0.1) is 5.92 Å². The Morgan fingerprint density at radius 3 is 2.81 bits per heavy atom. The maximum atomic E-state index is 12.9. The summed E-state index contributed by atoms with van der Waals surface area (Å²) in [6.45, 7) is 4.85. The number of ether oxygens (including phenoxy) is 1. The molecule has 9 heteroatoms. The van der Waals surface area contributed by atoms with Crippen molar-refractivity contribution in [1.29, 1.82) is 0 Å². The number of nitrogens with one attached hydrogen (secondary N) is 3. The minimum atomic E-state index is -0.732. The summed E-state index contributed by atoms with van der Waals surface area (Å²) in [6.07, 6.45) is 3.53. The third-order valence-corrected chi connectivity index (χ3v) is 6.59. The van der Waals surface area contributed by atoms with Gasteiger partial charge in [0.05, 0.1) is 24.1 Å². The number of carbonyl (C=O) groups excluding carboxylic acids is 3. The van der Waals surface area contributed by atoms with E-state index in [0.717, 1.165) is 25.1 Å². The van der Waals surface area contributed by atoms with Gasteiger partial charge in [0.1, 0.15) is 6.04 Å². The number of hydrogen-bond donors (Lipinski definition) is 3. The molecule has 0 aromatic rings. The third kappa shape index (κ3) is 4.15. The zero-order valence-corrected chi connectivity index (χ0v) is 16.1. The Labute approximate surface area is 158 Å². The lowest BCUT2D eigenvalue weighted by molar-refractivity contribution is -0.128. The van der Waals surface area contributed by atoms with Gasteiger partial charge in [0, 0.05) is 12.6 Å². The minimum Gasteiger partial charge on any atom is -0.450 e. The van der Waals surface area contributed by atoms with Crippen LogP contribution >= 0.6 is 11.8 Å². The van der Waals surface area contributed by atoms with Crippen molar-refractivity contribution < 1.29 is 19.1 Å². The Kier molecular flexibility index (Phi) is 6.42. The van der Waals surface area contributed by atoms with E-state index < -0.39 is 12.0 Å². The predicted molar refractivity (Wildman–Crippen MR) is 98.4 cm³/mol. The van der Waals surface area contributed by atoms with Crippen LogP contribution in [0.15, 0.2) is 0 Å². The van der Waals surface area contributed by atoms with Crippen LogP contribution in [0.5, 0.6) is 0 Å². The molecular formula is C17H28N4O4S. The summed E-state index contributed by atoms with van der Waals surface area (Å²) in [7, 11) is 0. The van der Waals surface area contributed by atoms with Crippen LogP contribution in [0.2, 0.25) is 0 Å². The zero-order chi connectivity index (χ0) is 18.7. The molecule has 5 unspecified atom stereocenters. The number of rotatable bonds is 4. The highest BCUT2D eigenvalue weighted by Crippen LogP contribution is 2.32. The van der Waals surface area contributed by atoms with Gasteiger partial charge in [0.15, 0.2) is 0 Å². The number of piperidine rings is 1. The number of nitrogens with zero attached hydrogens (tertiary/aromatic N) is 1. The van der Waals surface area contributed by atoms with Gasteiger partial charge in [-0.2, -0.15) is 0 Å². The lowest BCUT2D eigenvalue weighted by Gasteiger charge is -2.33. The van der Waals surface area contributed by atoms with Crippen molar-refractivity contribution in [3.63, 3.8) is 0 Å². The van der Waals surface area contributed by atoms with Crippen LogP contribution in [0.4, 0.5) is 4.79 Å². The fourth-order valence-electron chi connectivity index (χ4n) is 4.11. The molecule has 0 aromatic carbocycles. The maximum Gasteiger partial charge on any atom is 0.413 e. The second-order valence-corrected chi connectivity index (χ2v) is 8.30. The second-order valence-electron chi connectivity index (χ2n) is 7.05. The van der Waals surface area contributed by atoms with Crippen molar-refractivity contribution in [1.82, 2.24) is 20.9 Å². The van der Waals surface area contributed by atoms with E-state index >= 15 is 0 Å². The van der Waals surface area contributed by atoms with Gasteiger partial charge in [0.2, 0.25) is 11.8 Å². The molecule has 26 heavy (non-hydrogen) atoms. The van der Waals surface area contributed by atoms with Gasteiger partial charge in [-0.1, -0.05) is 0 Å². The first-order valence-electron chi connectivity index (χ1n) is 9.42. The van der Waals surface area contributed by atoms with Gasteiger partial charge in [0.25, 0.3) is 0 Å². The molecule has 3 N–H and O–H groups in total. The number of imide groups is 1. The van der Waals surface area contributed by atoms with E-state index in [2.05, 4.69) is 20.9 Å². The molecule has 0 bridgehead atoms. The van der Waals surface area contributed by atoms with E-state index in [-0.39, 0.29) is 42.0 Å². The van der Waals surface area contributed by atoms with Gasteiger partial charge in [-0.05, 0) is 45.3 Å². The minimum absolute atomic E-state index is 0.0391.